The fraction of sp³-hybridized carbons (Fsp3) is 0.467. The third kappa shape index (κ3) is 1.43. The number of aliphatic hydroxyl groups excluding tert-OH is 1. The molecule has 4 heteroatoms. The Kier molecular flexibility index (Phi) is 2.39. The van der Waals surface area contributed by atoms with Gasteiger partial charge in [-0.3, -0.25) is 4.79 Å². The van der Waals surface area contributed by atoms with E-state index in [0.29, 0.717) is 29.7 Å². The number of Topliss-reactive ketones (excluding diaryl/α,β-unsaturated/α-hetero) is 1. The van der Waals surface area contributed by atoms with Gasteiger partial charge in [-0.2, -0.15) is 0 Å². The minimum atomic E-state index is -0.867. The summed E-state index contributed by atoms with van der Waals surface area (Å²) in [5.41, 5.74) is 2.51. The normalized spacial score (nSPS) is 23.9. The zero-order chi connectivity index (χ0) is 13.9. The number of rotatable bonds is 0. The highest BCUT2D eigenvalue weighted by molar-refractivity contribution is 6.08. The summed E-state index contributed by atoms with van der Waals surface area (Å²) in [7, 11) is 0. The van der Waals surface area contributed by atoms with Crippen molar-refractivity contribution in [2.24, 2.45) is 5.41 Å². The average Bonchev–Trinajstić information content (AvgIpc) is 2.53. The second-order valence-corrected chi connectivity index (χ2v) is 5.83. The molecule has 0 radical (unpaired) electrons. The number of esters is 1. The van der Waals surface area contributed by atoms with Crippen LogP contribution in [0.4, 0.5) is 0 Å². The van der Waals surface area contributed by atoms with Crippen LogP contribution < -0.4 is 0 Å². The lowest BCUT2D eigenvalue weighted by atomic mass is 9.86. The summed E-state index contributed by atoms with van der Waals surface area (Å²) in [4.78, 5) is 24.2. The Balaban J connectivity index is 2.31. The lowest BCUT2D eigenvalue weighted by Gasteiger charge is -2.21. The average molecular weight is 260 g/mol. The van der Waals surface area contributed by atoms with Crippen molar-refractivity contribution >= 4 is 11.8 Å². The monoisotopic (exact) mass is 260 g/mol. The SMILES string of the molecule is Cc1c2c(cc3c1C(=O)C(C)(C)[C@@H]3O)C(=O)OCC2. The standard InChI is InChI=1S/C15H16O4/c1-7-8-4-5-19-14(18)9(8)6-10-11(7)13(17)15(2,3)12(10)16/h6,12,16H,4-5H2,1-3H3/t12-/m1/s1. The molecule has 0 fully saturated rings. The number of aliphatic hydroxyl groups is 1. The van der Waals surface area contributed by atoms with Crippen LogP contribution in [0, 0.1) is 12.3 Å². The summed E-state index contributed by atoms with van der Waals surface area (Å²) in [6.45, 7) is 5.67. The summed E-state index contributed by atoms with van der Waals surface area (Å²) < 4.78 is 5.03. The van der Waals surface area contributed by atoms with Crippen LogP contribution in [-0.4, -0.2) is 23.5 Å². The number of carbonyl (C=O) groups excluding carboxylic acids is 2. The van der Waals surface area contributed by atoms with E-state index in [-0.39, 0.29) is 11.8 Å². The number of hydrogen-bond acceptors (Lipinski definition) is 4. The maximum atomic E-state index is 12.4. The first-order chi connectivity index (χ1) is 8.85. The van der Waals surface area contributed by atoms with Gasteiger partial charge in [-0.05, 0) is 43.5 Å². The number of cyclic esters (lactones) is 1. The molecule has 0 spiro atoms. The predicted molar refractivity (Wildman–Crippen MR) is 68.2 cm³/mol. The number of hydrogen-bond donors (Lipinski definition) is 1. The molecule has 1 N–H and O–H groups in total. The van der Waals surface area contributed by atoms with Gasteiger partial charge < -0.3 is 9.84 Å². The van der Waals surface area contributed by atoms with E-state index < -0.39 is 11.5 Å². The molecule has 1 heterocycles. The highest BCUT2D eigenvalue weighted by Gasteiger charge is 2.47. The first-order valence-electron chi connectivity index (χ1n) is 6.42. The van der Waals surface area contributed by atoms with Crippen LogP contribution in [0.1, 0.15) is 57.4 Å². The topological polar surface area (TPSA) is 63.6 Å². The molecule has 0 unspecified atom stereocenters. The van der Waals surface area contributed by atoms with Crippen LogP contribution in [0.2, 0.25) is 0 Å². The van der Waals surface area contributed by atoms with E-state index in [2.05, 4.69) is 0 Å². The quantitative estimate of drug-likeness (QED) is 0.724. The zero-order valence-electron chi connectivity index (χ0n) is 11.2. The molecule has 0 amide bonds. The highest BCUT2D eigenvalue weighted by atomic mass is 16.5. The van der Waals surface area contributed by atoms with Gasteiger partial charge in [0.2, 0.25) is 0 Å². The molecule has 0 saturated heterocycles. The summed E-state index contributed by atoms with van der Waals surface area (Å²) in [6, 6.07) is 1.64. The minimum Gasteiger partial charge on any atom is -0.462 e. The van der Waals surface area contributed by atoms with Crippen molar-refractivity contribution in [2.75, 3.05) is 6.61 Å². The lowest BCUT2D eigenvalue weighted by molar-refractivity contribution is 0.0477. The van der Waals surface area contributed by atoms with Crippen LogP contribution in [0.15, 0.2) is 6.07 Å². The van der Waals surface area contributed by atoms with Crippen molar-refractivity contribution in [1.29, 1.82) is 0 Å². The van der Waals surface area contributed by atoms with Crippen molar-refractivity contribution in [3.05, 3.63) is 33.9 Å². The molecule has 0 bridgehead atoms. The number of benzene rings is 1. The molecule has 1 aliphatic carbocycles. The third-order valence-electron chi connectivity index (χ3n) is 4.34. The largest absolute Gasteiger partial charge is 0.462 e. The molecule has 19 heavy (non-hydrogen) atoms. The number of ether oxygens (including phenoxy) is 1. The predicted octanol–water partition coefficient (Wildman–Crippen LogP) is 1.96. The van der Waals surface area contributed by atoms with E-state index in [9.17, 15) is 14.7 Å². The van der Waals surface area contributed by atoms with E-state index in [1.807, 2.05) is 6.92 Å². The lowest BCUT2D eigenvalue weighted by Crippen LogP contribution is -2.24. The van der Waals surface area contributed by atoms with Crippen molar-refractivity contribution in [3.63, 3.8) is 0 Å². The van der Waals surface area contributed by atoms with Crippen molar-refractivity contribution in [1.82, 2.24) is 0 Å². The molecule has 4 nitrogen and oxygen atoms in total. The Morgan fingerprint density at radius 2 is 2.05 bits per heavy atom. The third-order valence-corrected chi connectivity index (χ3v) is 4.34. The fourth-order valence-electron chi connectivity index (χ4n) is 3.06. The van der Waals surface area contributed by atoms with Crippen LogP contribution in [0.3, 0.4) is 0 Å². The minimum absolute atomic E-state index is 0.0470. The molecule has 3 rings (SSSR count). The van der Waals surface area contributed by atoms with Gasteiger partial charge in [-0.1, -0.05) is 0 Å². The summed E-state index contributed by atoms with van der Waals surface area (Å²) in [5, 5.41) is 10.3. The van der Waals surface area contributed by atoms with Crippen molar-refractivity contribution in [3.8, 4) is 0 Å². The second kappa shape index (κ2) is 3.67. The van der Waals surface area contributed by atoms with Gasteiger partial charge >= 0.3 is 5.97 Å². The van der Waals surface area contributed by atoms with Crippen LogP contribution >= 0.6 is 0 Å². The number of fused-ring (bicyclic) bond motifs is 2. The summed E-state index contributed by atoms with van der Waals surface area (Å²) >= 11 is 0. The van der Waals surface area contributed by atoms with Crippen molar-refractivity contribution in [2.45, 2.75) is 33.3 Å². The van der Waals surface area contributed by atoms with Gasteiger partial charge in [0.25, 0.3) is 0 Å². The summed E-state index contributed by atoms with van der Waals surface area (Å²) in [5.74, 6) is -0.411. The van der Waals surface area contributed by atoms with Crippen LogP contribution in [0.5, 0.6) is 0 Å². The molecular formula is C15H16O4. The van der Waals surface area contributed by atoms with Crippen molar-refractivity contribution < 1.29 is 19.4 Å². The Labute approximate surface area is 111 Å². The zero-order valence-corrected chi connectivity index (χ0v) is 11.2. The van der Waals surface area contributed by atoms with E-state index in [0.717, 1.165) is 11.1 Å². The second-order valence-electron chi connectivity index (χ2n) is 5.83. The molecular weight excluding hydrogens is 244 g/mol. The first-order valence-corrected chi connectivity index (χ1v) is 6.42. The highest BCUT2D eigenvalue weighted by Crippen LogP contribution is 2.47. The number of ketones is 1. The van der Waals surface area contributed by atoms with E-state index in [1.54, 1.807) is 19.9 Å². The maximum Gasteiger partial charge on any atom is 0.338 e. The summed E-state index contributed by atoms with van der Waals surface area (Å²) in [6.07, 6.45) is -0.238. The Morgan fingerprint density at radius 3 is 2.74 bits per heavy atom. The Morgan fingerprint density at radius 1 is 1.37 bits per heavy atom. The molecule has 0 saturated carbocycles. The maximum absolute atomic E-state index is 12.4. The molecule has 1 aromatic carbocycles. The van der Waals surface area contributed by atoms with Gasteiger partial charge in [0.15, 0.2) is 5.78 Å². The van der Waals surface area contributed by atoms with E-state index >= 15 is 0 Å². The smallest absolute Gasteiger partial charge is 0.338 e. The number of carbonyl (C=O) groups is 2. The molecule has 0 aromatic heterocycles. The Hall–Kier alpha value is -1.68. The van der Waals surface area contributed by atoms with Gasteiger partial charge in [0.1, 0.15) is 0 Å². The molecule has 2 aliphatic rings. The molecule has 1 aromatic rings. The van der Waals surface area contributed by atoms with Crippen LogP contribution in [-0.2, 0) is 11.2 Å². The Bertz CT molecular complexity index is 613. The van der Waals surface area contributed by atoms with Gasteiger partial charge in [-0.25, -0.2) is 4.79 Å². The van der Waals surface area contributed by atoms with E-state index in [4.69, 9.17) is 4.74 Å². The first kappa shape index (κ1) is 12.4. The molecule has 1 atom stereocenters. The van der Waals surface area contributed by atoms with Crippen LogP contribution in [0.25, 0.3) is 0 Å². The van der Waals surface area contributed by atoms with Gasteiger partial charge in [0.05, 0.1) is 23.7 Å². The molecule has 100 valence electrons. The van der Waals surface area contributed by atoms with E-state index in [1.165, 1.54) is 0 Å². The van der Waals surface area contributed by atoms with Gasteiger partial charge in [-0.15, -0.1) is 0 Å². The fourth-order valence-corrected chi connectivity index (χ4v) is 3.06. The molecule has 1 aliphatic heterocycles. The van der Waals surface area contributed by atoms with Gasteiger partial charge in [0, 0.05) is 12.0 Å².